The van der Waals surface area contributed by atoms with E-state index in [2.05, 4.69) is 4.98 Å². The van der Waals surface area contributed by atoms with E-state index in [9.17, 15) is 14.4 Å². The highest BCUT2D eigenvalue weighted by Gasteiger charge is 2.29. The molecule has 3 aromatic rings. The Morgan fingerprint density at radius 2 is 1.74 bits per heavy atom. The van der Waals surface area contributed by atoms with Gasteiger partial charge < -0.3 is 14.2 Å². The van der Waals surface area contributed by atoms with Crippen molar-refractivity contribution in [2.75, 3.05) is 13.1 Å². The SMILES string of the molecule is CCN(CC)C(=O)[C@@H](OC(=O)c1ccc2c(c1)nc(C)c(=O)n2CC)c1ccccc1. The number of nitrogens with zero attached hydrogens (tertiary/aromatic N) is 3. The second kappa shape index (κ2) is 9.55. The zero-order valence-electron chi connectivity index (χ0n) is 18.3. The van der Waals surface area contributed by atoms with Gasteiger partial charge >= 0.3 is 5.97 Å². The van der Waals surface area contributed by atoms with Crippen molar-refractivity contribution in [3.8, 4) is 0 Å². The second-order valence-corrected chi connectivity index (χ2v) is 7.16. The van der Waals surface area contributed by atoms with Crippen molar-refractivity contribution >= 4 is 22.9 Å². The molecule has 1 aromatic heterocycles. The van der Waals surface area contributed by atoms with Crippen LogP contribution in [0.3, 0.4) is 0 Å². The summed E-state index contributed by atoms with van der Waals surface area (Å²) in [6.07, 6.45) is -1.04. The fourth-order valence-electron chi connectivity index (χ4n) is 3.58. The third-order valence-corrected chi connectivity index (χ3v) is 5.29. The average molecular weight is 421 g/mol. The first-order valence-corrected chi connectivity index (χ1v) is 10.5. The van der Waals surface area contributed by atoms with Gasteiger partial charge in [-0.1, -0.05) is 30.3 Å². The van der Waals surface area contributed by atoms with Crippen molar-refractivity contribution < 1.29 is 14.3 Å². The zero-order valence-corrected chi connectivity index (χ0v) is 18.3. The minimum Gasteiger partial charge on any atom is -0.444 e. The number of rotatable bonds is 7. The van der Waals surface area contributed by atoms with Crippen LogP contribution in [0.15, 0.2) is 53.3 Å². The van der Waals surface area contributed by atoms with E-state index < -0.39 is 12.1 Å². The van der Waals surface area contributed by atoms with Crippen molar-refractivity contribution in [1.82, 2.24) is 14.5 Å². The molecule has 7 heteroatoms. The lowest BCUT2D eigenvalue weighted by Crippen LogP contribution is -2.36. The minimum absolute atomic E-state index is 0.153. The number of hydrogen-bond acceptors (Lipinski definition) is 5. The normalized spacial score (nSPS) is 11.9. The summed E-state index contributed by atoms with van der Waals surface area (Å²) >= 11 is 0. The number of aromatic nitrogens is 2. The average Bonchev–Trinajstić information content (AvgIpc) is 2.79. The summed E-state index contributed by atoms with van der Waals surface area (Å²) in [5.74, 6) is -0.885. The first kappa shape index (κ1) is 22.2. The molecule has 0 bridgehead atoms. The van der Waals surface area contributed by atoms with Gasteiger partial charge in [0.1, 0.15) is 5.69 Å². The number of amides is 1. The number of benzene rings is 2. The molecule has 1 heterocycles. The van der Waals surface area contributed by atoms with Gasteiger partial charge in [-0.2, -0.15) is 0 Å². The molecule has 2 aromatic carbocycles. The molecule has 7 nitrogen and oxygen atoms in total. The maximum absolute atomic E-state index is 13.0. The summed E-state index contributed by atoms with van der Waals surface area (Å²) < 4.78 is 7.32. The maximum atomic E-state index is 13.0. The standard InChI is InChI=1S/C24H27N3O4/c1-5-26(6-2)23(29)21(17-11-9-8-10-12-17)31-24(30)18-13-14-20-19(15-18)25-16(4)22(28)27(20)7-3/h8-15,21H,5-7H2,1-4H3/t21-/m0/s1. The predicted molar refractivity (Wildman–Crippen MR) is 119 cm³/mol. The van der Waals surface area contributed by atoms with Gasteiger partial charge in [0.2, 0.25) is 6.10 Å². The van der Waals surface area contributed by atoms with Crippen LogP contribution in [0.4, 0.5) is 0 Å². The lowest BCUT2D eigenvalue weighted by atomic mass is 10.1. The van der Waals surface area contributed by atoms with E-state index in [0.717, 1.165) is 0 Å². The molecule has 0 aliphatic heterocycles. The third-order valence-electron chi connectivity index (χ3n) is 5.29. The van der Waals surface area contributed by atoms with Crippen LogP contribution in [0, 0.1) is 6.92 Å². The van der Waals surface area contributed by atoms with E-state index in [1.807, 2.05) is 26.8 Å². The number of hydrogen-bond donors (Lipinski definition) is 0. The highest BCUT2D eigenvalue weighted by molar-refractivity contribution is 5.95. The summed E-state index contributed by atoms with van der Waals surface area (Å²) in [6, 6.07) is 13.9. The number of esters is 1. The Morgan fingerprint density at radius 3 is 2.35 bits per heavy atom. The van der Waals surface area contributed by atoms with Crippen LogP contribution in [0.1, 0.15) is 48.5 Å². The Labute approximate surface area is 181 Å². The van der Waals surface area contributed by atoms with Gasteiger partial charge in [0.15, 0.2) is 0 Å². The molecular formula is C24H27N3O4. The number of carbonyl (C=O) groups is 2. The van der Waals surface area contributed by atoms with Crippen molar-refractivity contribution in [2.24, 2.45) is 0 Å². The Hall–Kier alpha value is -3.48. The summed E-state index contributed by atoms with van der Waals surface area (Å²) in [5, 5.41) is 0. The molecule has 0 spiro atoms. The second-order valence-electron chi connectivity index (χ2n) is 7.16. The molecule has 0 radical (unpaired) electrons. The number of aryl methyl sites for hydroxylation is 2. The molecule has 0 N–H and O–H groups in total. The first-order valence-electron chi connectivity index (χ1n) is 10.5. The molecule has 0 unspecified atom stereocenters. The molecule has 0 aliphatic carbocycles. The molecule has 162 valence electrons. The quantitative estimate of drug-likeness (QED) is 0.546. The third kappa shape index (κ3) is 4.50. The Morgan fingerprint density at radius 1 is 1.06 bits per heavy atom. The lowest BCUT2D eigenvalue weighted by Gasteiger charge is -2.25. The number of likely N-dealkylation sites (N-methyl/N-ethyl adjacent to an activating group) is 1. The first-order chi connectivity index (χ1) is 14.9. The summed E-state index contributed by atoms with van der Waals surface area (Å²) in [7, 11) is 0. The van der Waals surface area contributed by atoms with E-state index in [4.69, 9.17) is 4.74 Å². The maximum Gasteiger partial charge on any atom is 0.339 e. The van der Waals surface area contributed by atoms with E-state index in [1.165, 1.54) is 0 Å². The highest BCUT2D eigenvalue weighted by Crippen LogP contribution is 2.23. The van der Waals surface area contributed by atoms with E-state index in [1.54, 1.807) is 58.9 Å². The van der Waals surface area contributed by atoms with Crippen molar-refractivity contribution in [3.63, 3.8) is 0 Å². The molecule has 1 amide bonds. The van der Waals surface area contributed by atoms with Gasteiger partial charge in [0.25, 0.3) is 11.5 Å². The van der Waals surface area contributed by atoms with Crippen molar-refractivity contribution in [3.05, 3.63) is 75.7 Å². The van der Waals surface area contributed by atoms with Crippen LogP contribution in [0.2, 0.25) is 0 Å². The topological polar surface area (TPSA) is 81.5 Å². The van der Waals surface area contributed by atoms with Crippen LogP contribution in [-0.4, -0.2) is 39.4 Å². The molecule has 0 aliphatic rings. The van der Waals surface area contributed by atoms with E-state index in [-0.39, 0.29) is 17.0 Å². The van der Waals surface area contributed by atoms with Gasteiger partial charge in [-0.05, 0) is 45.9 Å². The van der Waals surface area contributed by atoms with Gasteiger partial charge in [0.05, 0.1) is 16.6 Å². The van der Waals surface area contributed by atoms with Crippen LogP contribution >= 0.6 is 0 Å². The van der Waals surface area contributed by atoms with E-state index >= 15 is 0 Å². The van der Waals surface area contributed by atoms with Gasteiger partial charge in [0, 0.05) is 25.2 Å². The number of ether oxygens (including phenoxy) is 1. The molecule has 3 rings (SSSR count). The Bertz CT molecular complexity index is 1150. The van der Waals surface area contributed by atoms with E-state index in [0.29, 0.717) is 41.9 Å². The van der Waals surface area contributed by atoms with Crippen LogP contribution in [0.5, 0.6) is 0 Å². The van der Waals surface area contributed by atoms with Crippen molar-refractivity contribution in [2.45, 2.75) is 40.3 Å². The molecular weight excluding hydrogens is 394 g/mol. The molecule has 0 fully saturated rings. The number of carbonyl (C=O) groups excluding carboxylic acids is 2. The molecule has 31 heavy (non-hydrogen) atoms. The van der Waals surface area contributed by atoms with Crippen LogP contribution < -0.4 is 5.56 Å². The van der Waals surface area contributed by atoms with Crippen molar-refractivity contribution in [1.29, 1.82) is 0 Å². The lowest BCUT2D eigenvalue weighted by molar-refractivity contribution is -0.140. The molecule has 0 saturated heterocycles. The van der Waals surface area contributed by atoms with Gasteiger partial charge in [-0.3, -0.25) is 9.59 Å². The number of fused-ring (bicyclic) bond motifs is 1. The zero-order chi connectivity index (χ0) is 22.5. The monoisotopic (exact) mass is 421 g/mol. The fraction of sp³-hybridized carbons (Fsp3) is 0.333. The summed E-state index contributed by atoms with van der Waals surface area (Å²) in [6.45, 7) is 8.83. The van der Waals surface area contributed by atoms with Gasteiger partial charge in [-0.25, -0.2) is 9.78 Å². The molecule has 0 saturated carbocycles. The Balaban J connectivity index is 1.98. The summed E-state index contributed by atoms with van der Waals surface area (Å²) in [4.78, 5) is 44.3. The predicted octanol–water partition coefficient (Wildman–Crippen LogP) is 3.49. The van der Waals surface area contributed by atoms with Gasteiger partial charge in [-0.15, -0.1) is 0 Å². The summed E-state index contributed by atoms with van der Waals surface area (Å²) in [5.41, 5.74) is 2.27. The largest absolute Gasteiger partial charge is 0.444 e. The van der Waals surface area contributed by atoms with Crippen LogP contribution in [0.25, 0.3) is 11.0 Å². The Kier molecular flexibility index (Phi) is 6.84. The van der Waals surface area contributed by atoms with Crippen LogP contribution in [-0.2, 0) is 16.1 Å². The smallest absolute Gasteiger partial charge is 0.339 e. The fourth-order valence-corrected chi connectivity index (χ4v) is 3.58. The molecule has 1 atom stereocenters. The minimum atomic E-state index is -1.04. The highest BCUT2D eigenvalue weighted by atomic mass is 16.5.